The maximum atomic E-state index is 4.66. The Morgan fingerprint density at radius 2 is 1.83 bits per heavy atom. The molecule has 0 aliphatic rings. The average Bonchev–Trinajstić information content (AvgIpc) is 2.72. The molecule has 0 bridgehead atoms. The van der Waals surface area contributed by atoms with Gasteiger partial charge in [-0.25, -0.2) is 4.98 Å². The van der Waals surface area contributed by atoms with Crippen molar-refractivity contribution in [3.05, 3.63) is 50.5 Å². The molecule has 1 N–H and O–H groups in total. The van der Waals surface area contributed by atoms with E-state index in [1.807, 2.05) is 7.05 Å². The van der Waals surface area contributed by atoms with Gasteiger partial charge in [-0.1, -0.05) is 17.7 Å². The maximum absolute atomic E-state index is 4.66. The minimum Gasteiger partial charge on any atom is -0.314 e. The number of aryl methyl sites for hydroxylation is 3. The Bertz CT molecular complexity index is 520. The Balaban J connectivity index is 2.22. The number of hydrogen-bond acceptors (Lipinski definition) is 3. The first-order valence-corrected chi connectivity index (χ1v) is 7.12. The van der Waals surface area contributed by atoms with Crippen LogP contribution in [0.3, 0.4) is 0 Å². The molecule has 0 unspecified atom stereocenters. The van der Waals surface area contributed by atoms with E-state index >= 15 is 0 Å². The van der Waals surface area contributed by atoms with Gasteiger partial charge in [-0.2, -0.15) is 0 Å². The van der Waals surface area contributed by atoms with Crippen LogP contribution in [0.1, 0.15) is 33.0 Å². The summed E-state index contributed by atoms with van der Waals surface area (Å²) in [5, 5.41) is 6.48. The molecule has 0 aliphatic carbocycles. The lowest BCUT2D eigenvalue weighted by molar-refractivity contribution is 0.793. The highest BCUT2D eigenvalue weighted by molar-refractivity contribution is 7.09. The molecule has 1 heterocycles. The number of benzene rings is 1. The molecule has 0 saturated carbocycles. The summed E-state index contributed by atoms with van der Waals surface area (Å²) in [5.74, 6) is 0. The minimum absolute atomic E-state index is 0.850. The highest BCUT2D eigenvalue weighted by Gasteiger charge is 2.08. The number of nitrogens with zero attached hydrogens (tertiary/aromatic N) is 1. The van der Waals surface area contributed by atoms with E-state index in [0.717, 1.165) is 18.7 Å². The molecule has 0 atom stereocenters. The van der Waals surface area contributed by atoms with Crippen LogP contribution < -0.4 is 5.32 Å². The zero-order chi connectivity index (χ0) is 13.1. The van der Waals surface area contributed by atoms with Crippen LogP contribution in [0.5, 0.6) is 0 Å². The van der Waals surface area contributed by atoms with Gasteiger partial charge in [0, 0.05) is 18.3 Å². The molecule has 0 spiro atoms. The number of rotatable bonds is 4. The van der Waals surface area contributed by atoms with Gasteiger partial charge in [0.15, 0.2) is 0 Å². The van der Waals surface area contributed by atoms with Crippen molar-refractivity contribution in [2.45, 2.75) is 33.7 Å². The van der Waals surface area contributed by atoms with Gasteiger partial charge in [-0.15, -0.1) is 11.3 Å². The van der Waals surface area contributed by atoms with E-state index in [1.54, 1.807) is 11.3 Å². The molecular formula is C15H20N2S. The molecule has 0 radical (unpaired) electrons. The van der Waals surface area contributed by atoms with Crippen LogP contribution in [0.25, 0.3) is 0 Å². The number of nitrogens with one attached hydrogen (secondary N) is 1. The number of aromatic nitrogens is 1. The van der Waals surface area contributed by atoms with Crippen molar-refractivity contribution >= 4 is 11.3 Å². The van der Waals surface area contributed by atoms with Crippen molar-refractivity contribution in [3.63, 3.8) is 0 Å². The molecule has 96 valence electrons. The highest BCUT2D eigenvalue weighted by Crippen LogP contribution is 2.21. The predicted octanol–water partition coefficient (Wildman–Crippen LogP) is 3.38. The van der Waals surface area contributed by atoms with E-state index in [4.69, 9.17) is 0 Å². The summed E-state index contributed by atoms with van der Waals surface area (Å²) in [6.07, 6.45) is 0.951. The Labute approximate surface area is 113 Å². The third-order valence-corrected chi connectivity index (χ3v) is 4.02. The molecule has 3 heteroatoms. The summed E-state index contributed by atoms with van der Waals surface area (Å²) in [5.41, 5.74) is 6.64. The fraction of sp³-hybridized carbons (Fsp3) is 0.400. The predicted molar refractivity (Wildman–Crippen MR) is 78.3 cm³/mol. The van der Waals surface area contributed by atoms with Gasteiger partial charge < -0.3 is 5.32 Å². The number of thiazole rings is 1. The molecule has 2 nitrogen and oxygen atoms in total. The largest absolute Gasteiger partial charge is 0.314 e. The third-order valence-electron chi connectivity index (χ3n) is 3.13. The lowest BCUT2D eigenvalue weighted by atomic mass is 9.98. The van der Waals surface area contributed by atoms with Gasteiger partial charge >= 0.3 is 0 Å². The molecule has 0 aliphatic heterocycles. The van der Waals surface area contributed by atoms with Crippen molar-refractivity contribution in [2.75, 3.05) is 7.05 Å². The second-order valence-corrected chi connectivity index (χ2v) is 5.76. The SMILES string of the molecule is CNCc1csc(Cc2c(C)cc(C)cc2C)n1. The fourth-order valence-electron chi connectivity index (χ4n) is 2.33. The van der Waals surface area contributed by atoms with Crippen molar-refractivity contribution in [1.29, 1.82) is 0 Å². The molecular weight excluding hydrogens is 240 g/mol. The molecule has 0 saturated heterocycles. The van der Waals surface area contributed by atoms with Crippen molar-refractivity contribution in [2.24, 2.45) is 0 Å². The van der Waals surface area contributed by atoms with E-state index in [-0.39, 0.29) is 0 Å². The van der Waals surface area contributed by atoms with Crippen molar-refractivity contribution < 1.29 is 0 Å². The molecule has 2 rings (SSSR count). The summed E-state index contributed by atoms with van der Waals surface area (Å²) < 4.78 is 0. The first-order valence-electron chi connectivity index (χ1n) is 6.24. The summed E-state index contributed by atoms with van der Waals surface area (Å²) in [4.78, 5) is 4.66. The maximum Gasteiger partial charge on any atom is 0.0972 e. The molecule has 0 amide bonds. The Kier molecular flexibility index (Phi) is 4.15. The first kappa shape index (κ1) is 13.2. The minimum atomic E-state index is 0.850. The molecule has 0 fully saturated rings. The van der Waals surface area contributed by atoms with Gasteiger partial charge in [0.25, 0.3) is 0 Å². The third kappa shape index (κ3) is 2.98. The molecule has 1 aromatic heterocycles. The Hall–Kier alpha value is -1.19. The monoisotopic (exact) mass is 260 g/mol. The van der Waals surface area contributed by atoms with Gasteiger partial charge in [0.1, 0.15) is 0 Å². The molecule has 18 heavy (non-hydrogen) atoms. The van der Waals surface area contributed by atoms with Crippen LogP contribution in [0, 0.1) is 20.8 Å². The van der Waals surface area contributed by atoms with Crippen LogP contribution in [0.4, 0.5) is 0 Å². The second kappa shape index (κ2) is 5.63. The van der Waals surface area contributed by atoms with Gasteiger partial charge in [0.05, 0.1) is 10.7 Å². The summed E-state index contributed by atoms with van der Waals surface area (Å²) in [6.45, 7) is 7.38. The van der Waals surface area contributed by atoms with Gasteiger partial charge in [-0.3, -0.25) is 0 Å². The van der Waals surface area contributed by atoms with Crippen molar-refractivity contribution in [1.82, 2.24) is 10.3 Å². The van der Waals surface area contributed by atoms with Crippen LogP contribution in [0.2, 0.25) is 0 Å². The molecule has 2 aromatic rings. The van der Waals surface area contributed by atoms with Gasteiger partial charge in [-0.05, 0) is 44.5 Å². The summed E-state index contributed by atoms with van der Waals surface area (Å²) in [6, 6.07) is 4.51. The normalized spacial score (nSPS) is 10.9. The quantitative estimate of drug-likeness (QED) is 0.911. The lowest BCUT2D eigenvalue weighted by Crippen LogP contribution is -2.05. The summed E-state index contributed by atoms with van der Waals surface area (Å²) >= 11 is 1.75. The van der Waals surface area contributed by atoms with E-state index < -0.39 is 0 Å². The van der Waals surface area contributed by atoms with Crippen LogP contribution >= 0.6 is 11.3 Å². The number of hydrogen-bond donors (Lipinski definition) is 1. The topological polar surface area (TPSA) is 24.9 Å². The molecule has 1 aromatic carbocycles. The van der Waals surface area contributed by atoms with Gasteiger partial charge in [0.2, 0.25) is 0 Å². The van der Waals surface area contributed by atoms with Crippen LogP contribution in [0.15, 0.2) is 17.5 Å². The van der Waals surface area contributed by atoms with E-state index in [2.05, 4.69) is 48.6 Å². The summed E-state index contributed by atoms with van der Waals surface area (Å²) in [7, 11) is 1.95. The fourth-order valence-corrected chi connectivity index (χ4v) is 3.14. The lowest BCUT2D eigenvalue weighted by Gasteiger charge is -2.09. The van der Waals surface area contributed by atoms with Crippen LogP contribution in [-0.4, -0.2) is 12.0 Å². The first-order chi connectivity index (χ1) is 8.60. The zero-order valence-electron chi connectivity index (χ0n) is 11.5. The van der Waals surface area contributed by atoms with Crippen LogP contribution in [-0.2, 0) is 13.0 Å². The Morgan fingerprint density at radius 3 is 2.44 bits per heavy atom. The standard InChI is InChI=1S/C15H20N2S/c1-10-5-11(2)14(12(3)6-10)7-15-17-13(8-16-4)9-18-15/h5-6,9,16H,7-8H2,1-4H3. The average molecular weight is 260 g/mol. The zero-order valence-corrected chi connectivity index (χ0v) is 12.3. The van der Waals surface area contributed by atoms with E-state index in [9.17, 15) is 0 Å². The second-order valence-electron chi connectivity index (χ2n) is 4.82. The van der Waals surface area contributed by atoms with E-state index in [1.165, 1.54) is 27.3 Å². The smallest absolute Gasteiger partial charge is 0.0972 e. The van der Waals surface area contributed by atoms with Crippen molar-refractivity contribution in [3.8, 4) is 0 Å². The van der Waals surface area contributed by atoms with E-state index in [0.29, 0.717) is 0 Å². The Morgan fingerprint density at radius 1 is 1.17 bits per heavy atom. The highest BCUT2D eigenvalue weighted by atomic mass is 32.1.